The summed E-state index contributed by atoms with van der Waals surface area (Å²) >= 11 is 3.42. The van der Waals surface area contributed by atoms with Gasteiger partial charge in [-0.15, -0.1) is 0 Å². The van der Waals surface area contributed by atoms with E-state index in [9.17, 15) is 4.79 Å². The second-order valence-electron chi connectivity index (χ2n) is 5.74. The van der Waals surface area contributed by atoms with Gasteiger partial charge >= 0.3 is 0 Å². The average Bonchev–Trinajstić information content (AvgIpc) is 2.63. The van der Waals surface area contributed by atoms with Crippen LogP contribution in [0.1, 0.15) is 5.56 Å². The molecule has 126 valence electrons. The van der Waals surface area contributed by atoms with Gasteiger partial charge in [0.1, 0.15) is 0 Å². The van der Waals surface area contributed by atoms with Crippen LogP contribution in [0.2, 0.25) is 0 Å². The lowest BCUT2D eigenvalue weighted by molar-refractivity contribution is -0.115. The van der Waals surface area contributed by atoms with E-state index in [1.54, 1.807) is 0 Å². The smallest absolute Gasteiger partial charge is 0.243 e. The van der Waals surface area contributed by atoms with Crippen molar-refractivity contribution < 1.29 is 4.79 Å². The number of carbonyl (C=O) groups is 1. The van der Waals surface area contributed by atoms with Gasteiger partial charge in [0.2, 0.25) is 5.91 Å². The Kier molecular flexibility index (Phi) is 5.86. The van der Waals surface area contributed by atoms with E-state index in [0.29, 0.717) is 6.54 Å². The van der Waals surface area contributed by atoms with Crippen molar-refractivity contribution >= 4 is 33.2 Å². The number of carbonyl (C=O) groups excluding carboxylic acids is 1. The van der Waals surface area contributed by atoms with Crippen LogP contribution < -0.4 is 10.2 Å². The highest BCUT2D eigenvalue weighted by molar-refractivity contribution is 9.10. The summed E-state index contributed by atoms with van der Waals surface area (Å²) in [6.45, 7) is 0.960. The summed E-state index contributed by atoms with van der Waals surface area (Å²) in [6, 6.07) is 27.8. The average molecular weight is 395 g/mol. The largest absolute Gasteiger partial charge is 0.358 e. The van der Waals surface area contributed by atoms with Gasteiger partial charge < -0.3 is 10.2 Å². The molecule has 3 rings (SSSR count). The molecule has 0 fully saturated rings. The molecule has 3 aromatic rings. The molecule has 0 aliphatic rings. The molecule has 0 spiro atoms. The Labute approximate surface area is 156 Å². The van der Waals surface area contributed by atoms with Crippen LogP contribution in [0.25, 0.3) is 0 Å². The summed E-state index contributed by atoms with van der Waals surface area (Å²) in [5, 5.41) is 2.96. The first-order valence-corrected chi connectivity index (χ1v) is 8.89. The molecule has 0 unspecified atom stereocenters. The highest BCUT2D eigenvalue weighted by Crippen LogP contribution is 2.18. The third kappa shape index (κ3) is 5.19. The van der Waals surface area contributed by atoms with Crippen LogP contribution in [-0.2, 0) is 11.3 Å². The Bertz CT molecular complexity index is 822. The van der Waals surface area contributed by atoms with E-state index in [-0.39, 0.29) is 12.5 Å². The summed E-state index contributed by atoms with van der Waals surface area (Å²) in [5.74, 6) is -0.0436. The van der Waals surface area contributed by atoms with Crippen molar-refractivity contribution in [3.63, 3.8) is 0 Å². The van der Waals surface area contributed by atoms with Crippen LogP contribution in [0.5, 0.6) is 0 Å². The molecule has 0 saturated heterocycles. The summed E-state index contributed by atoms with van der Waals surface area (Å²) in [4.78, 5) is 14.6. The minimum absolute atomic E-state index is 0.0436. The standard InChI is InChI=1S/C21H19BrN2O/c22-18-10-7-11-19(14-18)23-21(25)16-24(20-12-5-2-6-13-20)15-17-8-3-1-4-9-17/h1-14H,15-16H2,(H,23,25). The second-order valence-corrected chi connectivity index (χ2v) is 6.65. The maximum Gasteiger partial charge on any atom is 0.243 e. The normalized spacial score (nSPS) is 10.3. The quantitative estimate of drug-likeness (QED) is 0.630. The van der Waals surface area contributed by atoms with Gasteiger partial charge in [0, 0.05) is 22.4 Å². The summed E-state index contributed by atoms with van der Waals surface area (Å²) < 4.78 is 0.939. The minimum Gasteiger partial charge on any atom is -0.358 e. The van der Waals surface area contributed by atoms with E-state index in [1.807, 2.05) is 72.8 Å². The Morgan fingerprint density at radius 3 is 2.24 bits per heavy atom. The number of anilines is 2. The Morgan fingerprint density at radius 2 is 1.56 bits per heavy atom. The Morgan fingerprint density at radius 1 is 0.880 bits per heavy atom. The molecular formula is C21H19BrN2O. The molecule has 0 aromatic heterocycles. The van der Waals surface area contributed by atoms with Gasteiger partial charge in [-0.05, 0) is 35.9 Å². The van der Waals surface area contributed by atoms with Crippen molar-refractivity contribution in [2.45, 2.75) is 6.54 Å². The van der Waals surface area contributed by atoms with Gasteiger partial charge in [0.15, 0.2) is 0 Å². The zero-order valence-corrected chi connectivity index (χ0v) is 15.3. The van der Waals surface area contributed by atoms with E-state index in [2.05, 4.69) is 38.3 Å². The van der Waals surface area contributed by atoms with Crippen LogP contribution in [0, 0.1) is 0 Å². The van der Waals surface area contributed by atoms with Gasteiger partial charge in [-0.2, -0.15) is 0 Å². The molecule has 1 amide bonds. The Balaban J connectivity index is 1.74. The van der Waals surface area contributed by atoms with Crippen molar-refractivity contribution in [3.05, 3.63) is 95.0 Å². The number of rotatable bonds is 6. The van der Waals surface area contributed by atoms with Gasteiger partial charge in [0.25, 0.3) is 0 Å². The van der Waals surface area contributed by atoms with Crippen LogP contribution in [0.15, 0.2) is 89.4 Å². The third-order valence-corrected chi connectivity index (χ3v) is 4.27. The predicted octanol–water partition coefficient (Wildman–Crippen LogP) is 5.09. The number of halogens is 1. The number of amides is 1. The zero-order valence-electron chi connectivity index (χ0n) is 13.7. The van der Waals surface area contributed by atoms with E-state index in [0.717, 1.165) is 15.8 Å². The molecule has 3 aromatic carbocycles. The van der Waals surface area contributed by atoms with Crippen molar-refractivity contribution in [2.75, 3.05) is 16.8 Å². The van der Waals surface area contributed by atoms with Gasteiger partial charge in [-0.25, -0.2) is 0 Å². The van der Waals surface area contributed by atoms with Crippen LogP contribution in [0.4, 0.5) is 11.4 Å². The molecule has 0 heterocycles. The molecule has 1 N–H and O–H groups in total. The zero-order chi connectivity index (χ0) is 17.5. The predicted molar refractivity (Wildman–Crippen MR) is 107 cm³/mol. The number of para-hydroxylation sites is 1. The number of nitrogens with zero attached hydrogens (tertiary/aromatic N) is 1. The van der Waals surface area contributed by atoms with Crippen molar-refractivity contribution in [1.29, 1.82) is 0 Å². The van der Waals surface area contributed by atoms with E-state index >= 15 is 0 Å². The van der Waals surface area contributed by atoms with E-state index in [1.165, 1.54) is 5.56 Å². The molecule has 25 heavy (non-hydrogen) atoms. The number of benzene rings is 3. The highest BCUT2D eigenvalue weighted by Gasteiger charge is 2.12. The molecule has 0 atom stereocenters. The fraction of sp³-hybridized carbons (Fsp3) is 0.0952. The first-order chi connectivity index (χ1) is 12.2. The van der Waals surface area contributed by atoms with Crippen LogP contribution in [0.3, 0.4) is 0 Å². The lowest BCUT2D eigenvalue weighted by Gasteiger charge is -2.24. The lowest BCUT2D eigenvalue weighted by Crippen LogP contribution is -2.32. The van der Waals surface area contributed by atoms with Crippen molar-refractivity contribution in [1.82, 2.24) is 0 Å². The fourth-order valence-corrected chi connectivity index (χ4v) is 3.02. The number of nitrogens with one attached hydrogen (secondary N) is 1. The molecule has 3 nitrogen and oxygen atoms in total. The maximum absolute atomic E-state index is 12.5. The minimum atomic E-state index is -0.0436. The number of hydrogen-bond donors (Lipinski definition) is 1. The summed E-state index contributed by atoms with van der Waals surface area (Å²) in [6.07, 6.45) is 0. The summed E-state index contributed by atoms with van der Waals surface area (Å²) in [7, 11) is 0. The molecule has 0 saturated carbocycles. The molecule has 4 heteroatoms. The molecule has 0 radical (unpaired) electrons. The number of hydrogen-bond acceptors (Lipinski definition) is 2. The SMILES string of the molecule is O=C(CN(Cc1ccccc1)c1ccccc1)Nc1cccc(Br)c1. The first kappa shape index (κ1) is 17.2. The summed E-state index contributed by atoms with van der Waals surface area (Å²) in [5.41, 5.74) is 2.98. The second kappa shape index (κ2) is 8.49. The van der Waals surface area contributed by atoms with Gasteiger partial charge in [-0.3, -0.25) is 4.79 Å². The van der Waals surface area contributed by atoms with Gasteiger partial charge in [0.05, 0.1) is 6.54 Å². The fourth-order valence-electron chi connectivity index (χ4n) is 2.62. The van der Waals surface area contributed by atoms with Crippen molar-refractivity contribution in [2.24, 2.45) is 0 Å². The van der Waals surface area contributed by atoms with E-state index < -0.39 is 0 Å². The molecule has 0 bridgehead atoms. The van der Waals surface area contributed by atoms with Gasteiger partial charge in [-0.1, -0.05) is 70.5 Å². The van der Waals surface area contributed by atoms with E-state index in [4.69, 9.17) is 0 Å². The molecule has 0 aliphatic carbocycles. The van der Waals surface area contributed by atoms with Crippen LogP contribution >= 0.6 is 15.9 Å². The van der Waals surface area contributed by atoms with Crippen molar-refractivity contribution in [3.8, 4) is 0 Å². The topological polar surface area (TPSA) is 32.3 Å². The molecule has 0 aliphatic heterocycles. The first-order valence-electron chi connectivity index (χ1n) is 8.10. The monoisotopic (exact) mass is 394 g/mol. The Hall–Kier alpha value is -2.59. The highest BCUT2D eigenvalue weighted by atomic mass is 79.9. The molecular weight excluding hydrogens is 376 g/mol. The van der Waals surface area contributed by atoms with Crippen LogP contribution in [-0.4, -0.2) is 12.5 Å². The lowest BCUT2D eigenvalue weighted by atomic mass is 10.2. The maximum atomic E-state index is 12.5. The third-order valence-electron chi connectivity index (χ3n) is 3.78.